The van der Waals surface area contributed by atoms with Crippen molar-refractivity contribution >= 4 is 5.91 Å². The van der Waals surface area contributed by atoms with E-state index in [9.17, 15) is 4.79 Å². The number of aliphatic hydroxyl groups excluding tert-OH is 1. The second kappa shape index (κ2) is 6.96. The Morgan fingerprint density at radius 3 is 2.41 bits per heavy atom. The van der Waals surface area contributed by atoms with Gasteiger partial charge in [-0.3, -0.25) is 4.79 Å². The zero-order chi connectivity index (χ0) is 12.7. The Labute approximate surface area is 102 Å². The molecule has 1 amide bonds. The van der Waals surface area contributed by atoms with Crippen LogP contribution in [0.5, 0.6) is 0 Å². The van der Waals surface area contributed by atoms with Gasteiger partial charge in [0.15, 0.2) is 0 Å². The first-order valence-electron chi connectivity index (χ1n) is 5.91. The molecule has 1 aromatic rings. The van der Waals surface area contributed by atoms with Gasteiger partial charge in [-0.25, -0.2) is 9.97 Å². The fourth-order valence-corrected chi connectivity index (χ4v) is 1.86. The molecule has 0 aromatic carbocycles. The van der Waals surface area contributed by atoms with Crippen molar-refractivity contribution in [2.75, 3.05) is 13.2 Å². The Balaban J connectivity index is 2.87. The summed E-state index contributed by atoms with van der Waals surface area (Å²) in [6.45, 7) is 4.39. The van der Waals surface area contributed by atoms with Crippen molar-refractivity contribution in [1.82, 2.24) is 14.9 Å². The predicted molar refractivity (Wildman–Crippen MR) is 64.5 cm³/mol. The van der Waals surface area contributed by atoms with E-state index in [0.717, 1.165) is 12.8 Å². The van der Waals surface area contributed by atoms with E-state index < -0.39 is 0 Å². The van der Waals surface area contributed by atoms with Gasteiger partial charge >= 0.3 is 0 Å². The molecular weight excluding hydrogens is 218 g/mol. The second-order valence-corrected chi connectivity index (χ2v) is 3.82. The van der Waals surface area contributed by atoms with E-state index in [1.807, 2.05) is 13.8 Å². The van der Waals surface area contributed by atoms with Crippen molar-refractivity contribution in [3.63, 3.8) is 0 Å². The molecule has 0 aliphatic heterocycles. The van der Waals surface area contributed by atoms with Gasteiger partial charge in [-0.05, 0) is 12.8 Å². The van der Waals surface area contributed by atoms with Gasteiger partial charge in [0.05, 0.1) is 12.2 Å². The predicted octanol–water partition coefficient (Wildman–Crippen LogP) is 1.10. The first kappa shape index (κ1) is 13.6. The van der Waals surface area contributed by atoms with Crippen LogP contribution in [0.4, 0.5) is 0 Å². The lowest BCUT2D eigenvalue weighted by molar-refractivity contribution is 0.0621. The number of amides is 1. The van der Waals surface area contributed by atoms with E-state index in [0.29, 0.717) is 12.1 Å². The number of aliphatic hydroxyl groups is 1. The van der Waals surface area contributed by atoms with E-state index in [2.05, 4.69) is 9.97 Å². The molecule has 0 radical (unpaired) electrons. The Hall–Kier alpha value is -1.49. The topological polar surface area (TPSA) is 66.3 Å². The van der Waals surface area contributed by atoms with E-state index in [4.69, 9.17) is 5.11 Å². The van der Waals surface area contributed by atoms with E-state index >= 15 is 0 Å². The van der Waals surface area contributed by atoms with Crippen molar-refractivity contribution in [3.05, 3.63) is 24.3 Å². The minimum absolute atomic E-state index is 0.0318. The Bertz CT molecular complexity index is 339. The molecule has 17 heavy (non-hydrogen) atoms. The van der Waals surface area contributed by atoms with Gasteiger partial charge in [-0.1, -0.05) is 13.8 Å². The number of carbonyl (C=O) groups is 1. The monoisotopic (exact) mass is 237 g/mol. The number of hydrogen-bond acceptors (Lipinski definition) is 4. The van der Waals surface area contributed by atoms with Crippen molar-refractivity contribution in [2.24, 2.45) is 0 Å². The fourth-order valence-electron chi connectivity index (χ4n) is 1.86. The van der Waals surface area contributed by atoms with Crippen LogP contribution in [-0.2, 0) is 0 Å². The van der Waals surface area contributed by atoms with Crippen molar-refractivity contribution in [3.8, 4) is 0 Å². The van der Waals surface area contributed by atoms with E-state index in [-0.39, 0.29) is 18.6 Å². The number of rotatable bonds is 6. The third kappa shape index (κ3) is 3.49. The number of nitrogens with zero attached hydrogens (tertiary/aromatic N) is 3. The molecule has 1 rings (SSSR count). The van der Waals surface area contributed by atoms with Crippen molar-refractivity contribution in [2.45, 2.75) is 32.7 Å². The summed E-state index contributed by atoms with van der Waals surface area (Å²) < 4.78 is 0. The standard InChI is InChI=1S/C12H19N3O2/c1-3-11(4-2)15(5-6-16)12(17)10-7-13-9-14-8-10/h7-9,11,16H,3-6H2,1-2H3. The quantitative estimate of drug-likeness (QED) is 0.804. The molecule has 1 heterocycles. The smallest absolute Gasteiger partial charge is 0.257 e. The highest BCUT2D eigenvalue weighted by Gasteiger charge is 2.22. The van der Waals surface area contributed by atoms with Crippen LogP contribution in [0.25, 0.3) is 0 Å². The van der Waals surface area contributed by atoms with Crippen molar-refractivity contribution < 1.29 is 9.90 Å². The summed E-state index contributed by atoms with van der Waals surface area (Å²) in [5.74, 6) is -0.117. The SMILES string of the molecule is CCC(CC)N(CCO)C(=O)c1cncnc1. The molecule has 1 N–H and O–H groups in total. The third-order valence-corrected chi connectivity index (χ3v) is 2.79. The summed E-state index contributed by atoms with van der Waals surface area (Å²) in [7, 11) is 0. The summed E-state index contributed by atoms with van der Waals surface area (Å²) in [5.41, 5.74) is 0.466. The average Bonchev–Trinajstić information content (AvgIpc) is 2.39. The Morgan fingerprint density at radius 2 is 1.94 bits per heavy atom. The average molecular weight is 237 g/mol. The van der Waals surface area contributed by atoms with Crippen LogP contribution in [0.2, 0.25) is 0 Å². The number of hydrogen-bond donors (Lipinski definition) is 1. The highest BCUT2D eigenvalue weighted by atomic mass is 16.3. The summed E-state index contributed by atoms with van der Waals surface area (Å²) in [6.07, 6.45) is 6.14. The molecule has 0 spiro atoms. The molecule has 94 valence electrons. The molecule has 1 aromatic heterocycles. The van der Waals surface area contributed by atoms with Crippen LogP contribution in [0.3, 0.4) is 0 Å². The number of carbonyl (C=O) groups excluding carboxylic acids is 1. The summed E-state index contributed by atoms with van der Waals surface area (Å²) in [5, 5.41) is 9.05. The lowest BCUT2D eigenvalue weighted by atomic mass is 10.1. The van der Waals surface area contributed by atoms with E-state index in [1.54, 1.807) is 4.90 Å². The van der Waals surface area contributed by atoms with Gasteiger partial charge in [0.1, 0.15) is 6.33 Å². The fraction of sp³-hybridized carbons (Fsp3) is 0.583. The van der Waals surface area contributed by atoms with Crippen LogP contribution >= 0.6 is 0 Å². The molecular formula is C12H19N3O2. The Kier molecular flexibility index (Phi) is 5.56. The van der Waals surface area contributed by atoms with Gasteiger partial charge in [-0.2, -0.15) is 0 Å². The van der Waals surface area contributed by atoms with Gasteiger partial charge in [0.25, 0.3) is 5.91 Å². The van der Waals surface area contributed by atoms with Gasteiger partial charge in [-0.15, -0.1) is 0 Å². The van der Waals surface area contributed by atoms with Crippen molar-refractivity contribution in [1.29, 1.82) is 0 Å². The molecule has 5 nitrogen and oxygen atoms in total. The van der Waals surface area contributed by atoms with Crippen LogP contribution in [-0.4, -0.2) is 45.1 Å². The molecule has 0 bridgehead atoms. The second-order valence-electron chi connectivity index (χ2n) is 3.82. The number of aromatic nitrogens is 2. The maximum atomic E-state index is 12.2. The highest BCUT2D eigenvalue weighted by molar-refractivity contribution is 5.93. The molecule has 0 unspecified atom stereocenters. The van der Waals surface area contributed by atoms with Gasteiger partial charge in [0, 0.05) is 25.0 Å². The largest absolute Gasteiger partial charge is 0.395 e. The normalized spacial score (nSPS) is 10.6. The lowest BCUT2D eigenvalue weighted by Crippen LogP contribution is -2.41. The van der Waals surface area contributed by atoms with Gasteiger partial charge < -0.3 is 10.0 Å². The van der Waals surface area contributed by atoms with Crippen LogP contribution < -0.4 is 0 Å². The highest BCUT2D eigenvalue weighted by Crippen LogP contribution is 2.12. The maximum absolute atomic E-state index is 12.2. The molecule has 5 heteroatoms. The van der Waals surface area contributed by atoms with Crippen LogP contribution in [0, 0.1) is 0 Å². The lowest BCUT2D eigenvalue weighted by Gasteiger charge is -2.29. The van der Waals surface area contributed by atoms with E-state index in [1.165, 1.54) is 18.7 Å². The first-order valence-corrected chi connectivity index (χ1v) is 5.91. The maximum Gasteiger partial charge on any atom is 0.257 e. The van der Waals surface area contributed by atoms with Crippen LogP contribution in [0.15, 0.2) is 18.7 Å². The molecule has 0 saturated carbocycles. The minimum atomic E-state index is -0.117. The molecule has 0 aliphatic rings. The molecule has 0 atom stereocenters. The minimum Gasteiger partial charge on any atom is -0.395 e. The summed E-state index contributed by atoms with van der Waals surface area (Å²) in [4.78, 5) is 21.6. The summed E-state index contributed by atoms with van der Waals surface area (Å²) in [6, 6.07) is 0.148. The molecule has 0 fully saturated rings. The van der Waals surface area contributed by atoms with Crippen LogP contribution in [0.1, 0.15) is 37.0 Å². The molecule has 0 saturated heterocycles. The Morgan fingerprint density at radius 1 is 1.35 bits per heavy atom. The molecule has 0 aliphatic carbocycles. The van der Waals surface area contributed by atoms with Gasteiger partial charge in [0.2, 0.25) is 0 Å². The zero-order valence-corrected chi connectivity index (χ0v) is 10.3. The third-order valence-electron chi connectivity index (χ3n) is 2.79. The summed E-state index contributed by atoms with van der Waals surface area (Å²) >= 11 is 0. The first-order chi connectivity index (χ1) is 8.24. The zero-order valence-electron chi connectivity index (χ0n) is 10.3.